The lowest BCUT2D eigenvalue weighted by molar-refractivity contribution is 0.420. The second-order valence-corrected chi connectivity index (χ2v) is 8.48. The van der Waals surface area contributed by atoms with E-state index in [-0.39, 0.29) is 5.41 Å². The Labute approximate surface area is 185 Å². The van der Waals surface area contributed by atoms with E-state index in [4.69, 9.17) is 46.4 Å². The van der Waals surface area contributed by atoms with Crippen LogP contribution in [0.2, 0.25) is 20.1 Å². The molecule has 1 aliphatic heterocycles. The smallest absolute Gasteiger partial charge is 0.0719 e. The highest BCUT2D eigenvalue weighted by Crippen LogP contribution is 2.35. The summed E-state index contributed by atoms with van der Waals surface area (Å²) in [5.41, 5.74) is 2.23. The van der Waals surface area contributed by atoms with Gasteiger partial charge in [0.05, 0.1) is 31.5 Å². The number of nitrogens with one attached hydrogen (secondary N) is 3. The van der Waals surface area contributed by atoms with Gasteiger partial charge in [0.1, 0.15) is 0 Å². The SMILES string of the molecule is CC(CNc1c(Cl)cccc1Cl)(CNc1c(Cl)cccc1Cl)C1=CC=CCN1. The highest BCUT2D eigenvalue weighted by atomic mass is 35.5. The van der Waals surface area contributed by atoms with E-state index >= 15 is 0 Å². The van der Waals surface area contributed by atoms with E-state index in [1.807, 2.05) is 36.4 Å². The number of para-hydroxylation sites is 2. The molecule has 0 saturated heterocycles. The highest BCUT2D eigenvalue weighted by Gasteiger charge is 2.30. The average Bonchev–Trinajstić information content (AvgIpc) is 2.68. The number of halogens is 4. The monoisotopic (exact) mass is 455 g/mol. The van der Waals surface area contributed by atoms with Gasteiger partial charge in [0.25, 0.3) is 0 Å². The van der Waals surface area contributed by atoms with Crippen LogP contribution in [0, 0.1) is 5.41 Å². The van der Waals surface area contributed by atoms with Gasteiger partial charge in [0.15, 0.2) is 0 Å². The summed E-state index contributed by atoms with van der Waals surface area (Å²) in [6.07, 6.45) is 6.20. The van der Waals surface area contributed by atoms with E-state index in [1.54, 1.807) is 0 Å². The van der Waals surface area contributed by atoms with E-state index < -0.39 is 0 Å². The summed E-state index contributed by atoms with van der Waals surface area (Å²) in [5, 5.41) is 12.6. The van der Waals surface area contributed by atoms with Gasteiger partial charge >= 0.3 is 0 Å². The third-order valence-electron chi connectivity index (χ3n) is 4.70. The summed E-state index contributed by atoms with van der Waals surface area (Å²) in [7, 11) is 0. The third-order valence-corrected chi connectivity index (χ3v) is 5.96. The van der Waals surface area contributed by atoms with Crippen molar-refractivity contribution in [2.75, 3.05) is 30.3 Å². The number of rotatable bonds is 7. The van der Waals surface area contributed by atoms with Crippen LogP contribution in [0.25, 0.3) is 0 Å². The lowest BCUT2D eigenvalue weighted by Crippen LogP contribution is -2.41. The predicted molar refractivity (Wildman–Crippen MR) is 123 cm³/mol. The Morgan fingerprint density at radius 3 is 1.71 bits per heavy atom. The van der Waals surface area contributed by atoms with Crippen molar-refractivity contribution >= 4 is 57.8 Å². The Kier molecular flexibility index (Phi) is 7.05. The standard InChI is InChI=1S/C21H21Cl4N3/c1-21(18-10-2-3-11-26-18,12-27-19-14(22)6-4-7-15(19)23)13-28-20-16(24)8-5-9-17(20)25/h2-10,26-28H,11-13H2,1H3. The molecular formula is C21H21Cl4N3. The largest absolute Gasteiger partial charge is 0.384 e. The fraction of sp³-hybridized carbons (Fsp3) is 0.238. The van der Waals surface area contributed by atoms with Gasteiger partial charge in [-0.2, -0.15) is 0 Å². The van der Waals surface area contributed by atoms with Gasteiger partial charge in [-0.1, -0.05) is 77.6 Å². The first-order valence-corrected chi connectivity index (χ1v) is 10.4. The minimum atomic E-state index is -0.310. The van der Waals surface area contributed by atoms with Crippen LogP contribution < -0.4 is 16.0 Å². The van der Waals surface area contributed by atoms with E-state index in [0.29, 0.717) is 33.2 Å². The minimum Gasteiger partial charge on any atom is -0.384 e. The van der Waals surface area contributed by atoms with Crippen LogP contribution in [0.4, 0.5) is 11.4 Å². The number of benzene rings is 2. The average molecular weight is 457 g/mol. The van der Waals surface area contributed by atoms with Crippen molar-refractivity contribution in [3.05, 3.63) is 80.4 Å². The Hall–Kier alpha value is -1.52. The predicted octanol–water partition coefficient (Wildman–Crippen LogP) is 6.87. The number of dihydropyridines is 1. The Morgan fingerprint density at radius 2 is 1.32 bits per heavy atom. The van der Waals surface area contributed by atoms with Crippen molar-refractivity contribution in [3.63, 3.8) is 0 Å². The third kappa shape index (κ3) is 4.90. The summed E-state index contributed by atoms with van der Waals surface area (Å²) in [6, 6.07) is 10.9. The van der Waals surface area contributed by atoms with Gasteiger partial charge in [0, 0.05) is 30.7 Å². The van der Waals surface area contributed by atoms with Gasteiger partial charge in [0.2, 0.25) is 0 Å². The van der Waals surface area contributed by atoms with E-state index in [2.05, 4.69) is 41.1 Å². The molecule has 0 radical (unpaired) electrons. The molecular weight excluding hydrogens is 436 g/mol. The van der Waals surface area contributed by atoms with Crippen LogP contribution in [0.15, 0.2) is 60.3 Å². The second-order valence-electron chi connectivity index (χ2n) is 6.85. The van der Waals surface area contributed by atoms with Crippen LogP contribution in [0.3, 0.4) is 0 Å². The maximum Gasteiger partial charge on any atom is 0.0719 e. The highest BCUT2D eigenvalue weighted by molar-refractivity contribution is 6.39. The number of allylic oxidation sites excluding steroid dienone is 2. The first-order valence-electron chi connectivity index (χ1n) is 8.88. The van der Waals surface area contributed by atoms with Gasteiger partial charge in [-0.3, -0.25) is 0 Å². The summed E-state index contributed by atoms with van der Waals surface area (Å²) >= 11 is 25.3. The van der Waals surface area contributed by atoms with Crippen LogP contribution in [-0.4, -0.2) is 19.6 Å². The molecule has 0 unspecified atom stereocenters. The zero-order valence-electron chi connectivity index (χ0n) is 15.3. The van der Waals surface area contributed by atoms with Gasteiger partial charge in [-0.15, -0.1) is 0 Å². The number of hydrogen-bond donors (Lipinski definition) is 3. The van der Waals surface area contributed by atoms with Crippen molar-refractivity contribution < 1.29 is 0 Å². The molecule has 0 saturated carbocycles. The lowest BCUT2D eigenvalue weighted by atomic mass is 9.84. The second kappa shape index (κ2) is 9.32. The quantitative estimate of drug-likeness (QED) is 0.425. The number of anilines is 2. The van der Waals surface area contributed by atoms with Crippen LogP contribution in [-0.2, 0) is 0 Å². The van der Waals surface area contributed by atoms with Gasteiger partial charge < -0.3 is 16.0 Å². The van der Waals surface area contributed by atoms with E-state index in [0.717, 1.165) is 23.6 Å². The van der Waals surface area contributed by atoms with Crippen LogP contribution >= 0.6 is 46.4 Å². The minimum absolute atomic E-state index is 0.310. The van der Waals surface area contributed by atoms with Crippen molar-refractivity contribution in [2.24, 2.45) is 5.41 Å². The van der Waals surface area contributed by atoms with Crippen LogP contribution in [0.5, 0.6) is 0 Å². The Balaban J connectivity index is 1.83. The lowest BCUT2D eigenvalue weighted by Gasteiger charge is -2.35. The normalized spacial score (nSPS) is 13.7. The van der Waals surface area contributed by atoms with Gasteiger partial charge in [-0.05, 0) is 30.3 Å². The first kappa shape index (κ1) is 21.2. The number of hydrogen-bond acceptors (Lipinski definition) is 3. The zero-order valence-corrected chi connectivity index (χ0v) is 18.4. The van der Waals surface area contributed by atoms with Crippen molar-refractivity contribution in [2.45, 2.75) is 6.92 Å². The summed E-state index contributed by atoms with van der Waals surface area (Å²) in [6.45, 7) is 4.12. The molecule has 0 aromatic heterocycles. The molecule has 0 fully saturated rings. The molecule has 2 aromatic carbocycles. The fourth-order valence-corrected chi connectivity index (χ4v) is 4.09. The summed E-state index contributed by atoms with van der Waals surface area (Å²) in [4.78, 5) is 0. The summed E-state index contributed by atoms with van der Waals surface area (Å²) in [5.74, 6) is 0. The Bertz CT molecular complexity index is 813. The van der Waals surface area contributed by atoms with Crippen molar-refractivity contribution in [3.8, 4) is 0 Å². The zero-order chi connectivity index (χ0) is 20.1. The molecule has 0 aliphatic carbocycles. The molecule has 0 atom stereocenters. The van der Waals surface area contributed by atoms with E-state index in [9.17, 15) is 0 Å². The maximum atomic E-state index is 6.32. The molecule has 3 nitrogen and oxygen atoms in total. The molecule has 0 spiro atoms. The van der Waals surface area contributed by atoms with Gasteiger partial charge in [-0.25, -0.2) is 0 Å². The van der Waals surface area contributed by atoms with Crippen molar-refractivity contribution in [1.82, 2.24) is 5.32 Å². The molecule has 1 aliphatic rings. The molecule has 3 N–H and O–H groups in total. The molecule has 28 heavy (non-hydrogen) atoms. The molecule has 1 heterocycles. The Morgan fingerprint density at radius 1 is 0.857 bits per heavy atom. The van der Waals surface area contributed by atoms with Crippen LogP contribution in [0.1, 0.15) is 6.92 Å². The molecule has 0 amide bonds. The first-order chi connectivity index (χ1) is 13.4. The molecule has 148 valence electrons. The summed E-state index contributed by atoms with van der Waals surface area (Å²) < 4.78 is 0. The topological polar surface area (TPSA) is 36.1 Å². The van der Waals surface area contributed by atoms with E-state index in [1.165, 1.54) is 0 Å². The molecule has 0 bridgehead atoms. The van der Waals surface area contributed by atoms with Crippen molar-refractivity contribution in [1.29, 1.82) is 0 Å². The fourth-order valence-electron chi connectivity index (χ4n) is 3.03. The maximum absolute atomic E-state index is 6.32. The molecule has 3 rings (SSSR count). The molecule has 7 heteroatoms. The molecule has 2 aromatic rings.